The Hall–Kier alpha value is -5.80. The molecule has 3 nitrogen and oxygen atoms in total. The molecule has 9 rings (SSSR count). The fourth-order valence-electron chi connectivity index (χ4n) is 8.15. The summed E-state index contributed by atoms with van der Waals surface area (Å²) in [6.45, 7) is 9.03. The van der Waals surface area contributed by atoms with Gasteiger partial charge in [-0.15, -0.1) is 0 Å². The van der Waals surface area contributed by atoms with Crippen LogP contribution < -0.4 is 4.90 Å². The maximum absolute atomic E-state index is 4.87. The first-order chi connectivity index (χ1) is 23.4. The Kier molecular flexibility index (Phi) is 6.29. The molecule has 1 aliphatic heterocycles. The summed E-state index contributed by atoms with van der Waals surface area (Å²) in [5, 5.41) is 0. The number of para-hydroxylation sites is 2. The topological polar surface area (TPSA) is 29.0 Å². The third kappa shape index (κ3) is 4.14. The van der Waals surface area contributed by atoms with Gasteiger partial charge in [0.2, 0.25) is 0 Å². The lowest BCUT2D eigenvalue weighted by Gasteiger charge is -2.29. The summed E-state index contributed by atoms with van der Waals surface area (Å²) < 4.78 is 0. The van der Waals surface area contributed by atoms with E-state index >= 15 is 0 Å². The third-order valence-electron chi connectivity index (χ3n) is 10.3. The van der Waals surface area contributed by atoms with E-state index in [-0.39, 0.29) is 5.41 Å². The lowest BCUT2D eigenvalue weighted by Crippen LogP contribution is -2.16. The van der Waals surface area contributed by atoms with Crippen LogP contribution in [0.4, 0.5) is 17.1 Å². The van der Waals surface area contributed by atoms with E-state index in [0.29, 0.717) is 0 Å². The van der Waals surface area contributed by atoms with Crippen LogP contribution in [0.15, 0.2) is 140 Å². The fraction of sp³-hybridized carbons (Fsp3) is 0.111. The molecular weight excluding hydrogens is 583 g/mol. The van der Waals surface area contributed by atoms with Crippen molar-refractivity contribution < 1.29 is 0 Å². The first-order valence-electron chi connectivity index (χ1n) is 16.7. The normalized spacial score (nSPS) is 13.5. The summed E-state index contributed by atoms with van der Waals surface area (Å²) in [4.78, 5) is 12.2. The van der Waals surface area contributed by atoms with Crippen molar-refractivity contribution in [3.05, 3.63) is 162 Å². The van der Waals surface area contributed by atoms with Crippen LogP contribution in [0.2, 0.25) is 0 Å². The molecule has 0 saturated carbocycles. The Bertz CT molecular complexity index is 2350. The Morgan fingerprint density at radius 3 is 1.69 bits per heavy atom. The van der Waals surface area contributed by atoms with Gasteiger partial charge in [0.05, 0.1) is 22.8 Å². The molecule has 0 saturated heterocycles. The smallest absolute Gasteiger partial charge is 0.0732 e. The highest BCUT2D eigenvalue weighted by Gasteiger charge is 2.40. The van der Waals surface area contributed by atoms with Gasteiger partial charge in [-0.25, -0.2) is 0 Å². The van der Waals surface area contributed by atoms with E-state index in [0.717, 1.165) is 50.7 Å². The average Bonchev–Trinajstić information content (AvgIpc) is 3.26. The summed E-state index contributed by atoms with van der Waals surface area (Å²) in [6, 6.07) is 46.5. The number of aromatic nitrogens is 2. The molecule has 7 aromatic rings. The van der Waals surface area contributed by atoms with Gasteiger partial charge >= 0.3 is 0 Å². The van der Waals surface area contributed by atoms with Gasteiger partial charge in [-0.05, 0) is 101 Å². The second-order valence-electron chi connectivity index (χ2n) is 13.6. The van der Waals surface area contributed by atoms with Gasteiger partial charge in [-0.3, -0.25) is 9.97 Å². The quantitative estimate of drug-likeness (QED) is 0.197. The van der Waals surface area contributed by atoms with Crippen molar-refractivity contribution in [3.63, 3.8) is 0 Å². The minimum absolute atomic E-state index is 0.158. The number of nitrogens with zero attached hydrogens (tertiary/aromatic N) is 3. The van der Waals surface area contributed by atoms with E-state index in [1.807, 2.05) is 24.5 Å². The van der Waals surface area contributed by atoms with E-state index in [9.17, 15) is 0 Å². The SMILES string of the molecule is Cc1cccnc1-c1cc(-c2ncccc2C)cc(N2c3ccccc3-c3ccc4c(c3-c3ccccc32)C(C)(C)c2ccccc2-4)c1. The third-order valence-corrected chi connectivity index (χ3v) is 10.3. The van der Waals surface area contributed by atoms with E-state index in [4.69, 9.17) is 9.97 Å². The molecule has 48 heavy (non-hydrogen) atoms. The van der Waals surface area contributed by atoms with Gasteiger partial charge in [0.1, 0.15) is 0 Å². The highest BCUT2D eigenvalue weighted by Crippen LogP contribution is 2.59. The van der Waals surface area contributed by atoms with Gasteiger partial charge in [0.25, 0.3) is 0 Å². The molecule has 3 heteroatoms. The molecule has 0 N–H and O–H groups in total. The van der Waals surface area contributed by atoms with Crippen molar-refractivity contribution in [2.45, 2.75) is 33.1 Å². The number of benzene rings is 5. The van der Waals surface area contributed by atoms with E-state index < -0.39 is 0 Å². The predicted molar refractivity (Wildman–Crippen MR) is 199 cm³/mol. The van der Waals surface area contributed by atoms with Gasteiger partial charge in [-0.2, -0.15) is 0 Å². The van der Waals surface area contributed by atoms with Crippen molar-refractivity contribution >= 4 is 17.1 Å². The maximum atomic E-state index is 4.87. The average molecular weight is 618 g/mol. The number of rotatable bonds is 3. The molecule has 1 aliphatic carbocycles. The van der Waals surface area contributed by atoms with Crippen LogP contribution in [0.3, 0.4) is 0 Å². The zero-order valence-corrected chi connectivity index (χ0v) is 27.6. The highest BCUT2D eigenvalue weighted by molar-refractivity contribution is 6.06. The van der Waals surface area contributed by atoms with E-state index in [1.165, 1.54) is 44.5 Å². The summed E-state index contributed by atoms with van der Waals surface area (Å²) in [7, 11) is 0. The van der Waals surface area contributed by atoms with Crippen molar-refractivity contribution in [2.24, 2.45) is 0 Å². The predicted octanol–water partition coefficient (Wildman–Crippen LogP) is 11.9. The Balaban J connectivity index is 1.37. The molecule has 0 atom stereocenters. The molecule has 3 heterocycles. The molecule has 2 aromatic heterocycles. The van der Waals surface area contributed by atoms with Crippen molar-refractivity contribution in [1.82, 2.24) is 9.97 Å². The molecule has 0 fully saturated rings. The molecule has 0 spiro atoms. The minimum Gasteiger partial charge on any atom is -0.309 e. The monoisotopic (exact) mass is 617 g/mol. The molecular formula is C45H35N3. The van der Waals surface area contributed by atoms with Crippen LogP contribution >= 0.6 is 0 Å². The molecule has 0 bridgehead atoms. The lowest BCUT2D eigenvalue weighted by atomic mass is 9.76. The van der Waals surface area contributed by atoms with Crippen molar-refractivity contribution in [2.75, 3.05) is 4.90 Å². The lowest BCUT2D eigenvalue weighted by molar-refractivity contribution is 0.662. The number of pyridine rings is 2. The van der Waals surface area contributed by atoms with Crippen molar-refractivity contribution in [1.29, 1.82) is 0 Å². The number of hydrogen-bond acceptors (Lipinski definition) is 3. The maximum Gasteiger partial charge on any atom is 0.0732 e. The molecule has 230 valence electrons. The first-order valence-corrected chi connectivity index (χ1v) is 16.7. The van der Waals surface area contributed by atoms with E-state index in [2.05, 4.69) is 148 Å². The van der Waals surface area contributed by atoms with Crippen LogP contribution in [0.5, 0.6) is 0 Å². The van der Waals surface area contributed by atoms with Crippen LogP contribution in [-0.2, 0) is 5.41 Å². The van der Waals surface area contributed by atoms with Crippen LogP contribution in [-0.4, -0.2) is 9.97 Å². The second-order valence-corrected chi connectivity index (χ2v) is 13.6. The number of anilines is 3. The zero-order valence-electron chi connectivity index (χ0n) is 27.6. The van der Waals surface area contributed by atoms with Crippen LogP contribution in [0.25, 0.3) is 55.9 Å². The van der Waals surface area contributed by atoms with Gasteiger partial charge < -0.3 is 4.90 Å². The molecule has 5 aromatic carbocycles. The molecule has 0 radical (unpaired) electrons. The highest BCUT2D eigenvalue weighted by atomic mass is 15.1. The second kappa shape index (κ2) is 10.6. The summed E-state index contributed by atoms with van der Waals surface area (Å²) in [6.07, 6.45) is 3.77. The minimum atomic E-state index is -0.158. The Morgan fingerprint density at radius 2 is 1.04 bits per heavy atom. The Morgan fingerprint density at radius 1 is 0.500 bits per heavy atom. The van der Waals surface area contributed by atoms with Gasteiger partial charge in [0.15, 0.2) is 0 Å². The molecule has 0 amide bonds. The largest absolute Gasteiger partial charge is 0.309 e. The summed E-state index contributed by atoms with van der Waals surface area (Å²) in [5.74, 6) is 0. The number of fused-ring (bicyclic) bond motifs is 9. The molecule has 0 unspecified atom stereocenters. The van der Waals surface area contributed by atoms with Crippen LogP contribution in [0, 0.1) is 13.8 Å². The van der Waals surface area contributed by atoms with E-state index in [1.54, 1.807) is 0 Å². The summed E-state index contributed by atoms with van der Waals surface area (Å²) in [5.41, 5.74) is 20.1. The standard InChI is InChI=1S/C45H35N3/c1-28-13-11-23-46-43(28)30-25-31(44-29(2)14-12-24-47-44)27-32(26-30)48-39-19-9-6-16-34(39)35-21-22-36-33-15-5-8-18-38(33)45(3,4)42(36)41(35)37-17-7-10-20-40(37)48/h5-27H,1-4H3. The number of aryl methyl sites for hydroxylation is 2. The van der Waals surface area contributed by atoms with Crippen LogP contribution in [0.1, 0.15) is 36.1 Å². The Labute approximate surface area is 282 Å². The molecule has 2 aliphatic rings. The zero-order chi connectivity index (χ0) is 32.6. The number of hydrogen-bond donors (Lipinski definition) is 0. The fourth-order valence-corrected chi connectivity index (χ4v) is 8.15. The van der Waals surface area contributed by atoms with Crippen molar-refractivity contribution in [3.8, 4) is 55.9 Å². The van der Waals surface area contributed by atoms with Gasteiger partial charge in [-0.1, -0.05) is 98.8 Å². The summed E-state index contributed by atoms with van der Waals surface area (Å²) >= 11 is 0. The van der Waals surface area contributed by atoms with Gasteiger partial charge in [0, 0.05) is 45.7 Å². The first kappa shape index (κ1) is 28.4.